The van der Waals surface area contributed by atoms with Crippen molar-refractivity contribution in [2.24, 2.45) is 0 Å². The first-order valence-corrected chi connectivity index (χ1v) is 7.68. The first-order valence-electron chi connectivity index (χ1n) is 5.37. The maximum Gasteiger partial charge on any atom is 0.264 e. The van der Waals surface area contributed by atoms with Crippen LogP contribution in [-0.2, 0) is 15.6 Å². The Balaban J connectivity index is 2.90. The zero-order chi connectivity index (χ0) is 13.2. The van der Waals surface area contributed by atoms with Gasteiger partial charge in [0.05, 0.1) is 11.4 Å². The quantitative estimate of drug-likeness (QED) is 0.764. The van der Waals surface area contributed by atoms with Gasteiger partial charge in [-0.05, 0) is 40.9 Å². The van der Waals surface area contributed by atoms with Crippen molar-refractivity contribution >= 4 is 19.7 Å². The summed E-state index contributed by atoms with van der Waals surface area (Å²) in [5, 5.41) is 4.21. The number of rotatable bonds is 5. The maximum absolute atomic E-state index is 11.4. The van der Waals surface area contributed by atoms with Crippen molar-refractivity contribution in [3.8, 4) is 0 Å². The van der Waals surface area contributed by atoms with Gasteiger partial charge in [0, 0.05) is 17.2 Å². The fourth-order valence-corrected chi connectivity index (χ4v) is 3.31. The predicted octanol–water partition coefficient (Wildman–Crippen LogP) is 1.38. The molecule has 1 aromatic heterocycles. The summed E-state index contributed by atoms with van der Waals surface area (Å²) < 4.78 is 24.5. The predicted molar refractivity (Wildman–Crippen MR) is 67.9 cm³/mol. The molecular formula is C10H18ClN3O2S. The first kappa shape index (κ1) is 14.5. The Hall–Kier alpha value is -0.590. The first-order chi connectivity index (χ1) is 7.73. The summed E-state index contributed by atoms with van der Waals surface area (Å²) in [5.74, 6) is 0. The van der Waals surface area contributed by atoms with Gasteiger partial charge in [-0.3, -0.25) is 4.68 Å². The molecule has 5 nitrogen and oxygen atoms in total. The SMILES string of the molecule is Cc1nn(CCCN(C)C)c(C)c1S(=O)(=O)Cl. The second-order valence-electron chi connectivity index (χ2n) is 4.32. The Labute approximate surface area is 107 Å². The molecule has 1 rings (SSSR count). The molecule has 0 amide bonds. The fraction of sp³-hybridized carbons (Fsp3) is 0.700. The topological polar surface area (TPSA) is 55.2 Å². The molecule has 0 N–H and O–H groups in total. The molecule has 1 heterocycles. The second kappa shape index (κ2) is 5.37. The summed E-state index contributed by atoms with van der Waals surface area (Å²) in [4.78, 5) is 2.22. The number of hydrogen-bond donors (Lipinski definition) is 0. The van der Waals surface area contributed by atoms with Crippen LogP contribution in [0.3, 0.4) is 0 Å². The van der Waals surface area contributed by atoms with Crippen LogP contribution in [0.2, 0.25) is 0 Å². The molecule has 0 aliphatic carbocycles. The Morgan fingerprint density at radius 1 is 1.35 bits per heavy atom. The highest BCUT2D eigenvalue weighted by atomic mass is 35.7. The van der Waals surface area contributed by atoms with Crippen molar-refractivity contribution in [3.05, 3.63) is 11.4 Å². The average Bonchev–Trinajstić information content (AvgIpc) is 2.40. The van der Waals surface area contributed by atoms with Crippen LogP contribution in [0.1, 0.15) is 17.8 Å². The number of halogens is 1. The van der Waals surface area contributed by atoms with Crippen molar-refractivity contribution in [3.63, 3.8) is 0 Å². The lowest BCUT2D eigenvalue weighted by molar-refractivity contribution is 0.379. The molecule has 0 saturated heterocycles. The van der Waals surface area contributed by atoms with Gasteiger partial charge in [-0.15, -0.1) is 0 Å². The van der Waals surface area contributed by atoms with Crippen molar-refractivity contribution in [1.29, 1.82) is 0 Å². The fourth-order valence-electron chi connectivity index (χ4n) is 1.79. The second-order valence-corrected chi connectivity index (χ2v) is 6.82. The van der Waals surface area contributed by atoms with Gasteiger partial charge in [-0.2, -0.15) is 5.10 Å². The van der Waals surface area contributed by atoms with Crippen molar-refractivity contribution in [2.75, 3.05) is 20.6 Å². The molecule has 0 unspecified atom stereocenters. The minimum absolute atomic E-state index is 0.143. The summed E-state index contributed by atoms with van der Waals surface area (Å²) in [5.41, 5.74) is 1.07. The van der Waals surface area contributed by atoms with Crippen LogP contribution in [0, 0.1) is 13.8 Å². The van der Waals surface area contributed by atoms with Gasteiger partial charge in [-0.1, -0.05) is 0 Å². The minimum Gasteiger partial charge on any atom is -0.309 e. The van der Waals surface area contributed by atoms with Gasteiger partial charge in [0.25, 0.3) is 9.05 Å². The van der Waals surface area contributed by atoms with E-state index in [9.17, 15) is 8.42 Å². The molecule has 0 aromatic carbocycles. The zero-order valence-electron chi connectivity index (χ0n) is 10.6. The van der Waals surface area contributed by atoms with Crippen LogP contribution in [0.15, 0.2) is 4.90 Å². The Kier molecular flexibility index (Phi) is 4.57. The third-order valence-electron chi connectivity index (χ3n) is 2.53. The monoisotopic (exact) mass is 279 g/mol. The largest absolute Gasteiger partial charge is 0.309 e. The van der Waals surface area contributed by atoms with Gasteiger partial charge in [0.1, 0.15) is 4.90 Å². The van der Waals surface area contributed by atoms with Crippen LogP contribution in [0.25, 0.3) is 0 Å². The molecule has 0 radical (unpaired) electrons. The Bertz CT molecular complexity index is 494. The van der Waals surface area contributed by atoms with E-state index >= 15 is 0 Å². The lowest BCUT2D eigenvalue weighted by Crippen LogP contribution is -2.16. The van der Waals surface area contributed by atoms with Gasteiger partial charge in [0.15, 0.2) is 0 Å². The standard InChI is InChI=1S/C10H18ClN3O2S/c1-8-10(17(11,15)16)9(2)14(12-8)7-5-6-13(3)4/h5-7H2,1-4H3. The molecule has 0 spiro atoms. The van der Waals surface area contributed by atoms with Crippen LogP contribution < -0.4 is 0 Å². The molecule has 0 aliphatic heterocycles. The van der Waals surface area contributed by atoms with E-state index in [4.69, 9.17) is 10.7 Å². The van der Waals surface area contributed by atoms with E-state index in [1.165, 1.54) is 0 Å². The van der Waals surface area contributed by atoms with Crippen molar-refractivity contribution in [2.45, 2.75) is 31.7 Å². The summed E-state index contributed by atoms with van der Waals surface area (Å²) in [7, 11) is 5.66. The summed E-state index contributed by atoms with van der Waals surface area (Å²) in [6.45, 7) is 5.01. The van der Waals surface area contributed by atoms with Gasteiger partial charge in [0.2, 0.25) is 0 Å². The molecule has 17 heavy (non-hydrogen) atoms. The summed E-state index contributed by atoms with van der Waals surface area (Å²) in [6, 6.07) is 0. The van der Waals surface area contributed by atoms with Crippen LogP contribution in [-0.4, -0.2) is 43.7 Å². The van der Waals surface area contributed by atoms with Crippen LogP contribution >= 0.6 is 10.7 Å². The average molecular weight is 280 g/mol. The lowest BCUT2D eigenvalue weighted by atomic mass is 10.3. The highest BCUT2D eigenvalue weighted by molar-refractivity contribution is 8.13. The molecule has 98 valence electrons. The smallest absolute Gasteiger partial charge is 0.264 e. The van der Waals surface area contributed by atoms with Crippen LogP contribution in [0.4, 0.5) is 0 Å². The third-order valence-corrected chi connectivity index (χ3v) is 4.08. The summed E-state index contributed by atoms with van der Waals surface area (Å²) >= 11 is 0. The molecule has 0 atom stereocenters. The van der Waals surface area contributed by atoms with E-state index in [1.54, 1.807) is 18.5 Å². The van der Waals surface area contributed by atoms with Gasteiger partial charge < -0.3 is 4.90 Å². The number of aromatic nitrogens is 2. The van der Waals surface area contributed by atoms with Crippen molar-refractivity contribution in [1.82, 2.24) is 14.7 Å². The Morgan fingerprint density at radius 3 is 2.35 bits per heavy atom. The van der Waals surface area contributed by atoms with E-state index in [0.717, 1.165) is 13.0 Å². The highest BCUT2D eigenvalue weighted by Crippen LogP contribution is 2.23. The highest BCUT2D eigenvalue weighted by Gasteiger charge is 2.22. The Morgan fingerprint density at radius 2 is 1.94 bits per heavy atom. The summed E-state index contributed by atoms with van der Waals surface area (Å²) in [6.07, 6.45) is 0.913. The molecule has 0 bridgehead atoms. The molecular weight excluding hydrogens is 262 g/mol. The third kappa shape index (κ3) is 3.69. The van der Waals surface area contributed by atoms with Gasteiger partial charge in [-0.25, -0.2) is 8.42 Å². The lowest BCUT2D eigenvalue weighted by Gasteiger charge is -2.09. The van der Waals surface area contributed by atoms with E-state index in [0.29, 0.717) is 17.9 Å². The zero-order valence-corrected chi connectivity index (χ0v) is 12.1. The van der Waals surface area contributed by atoms with E-state index in [1.807, 2.05) is 14.1 Å². The van der Waals surface area contributed by atoms with E-state index in [2.05, 4.69) is 10.00 Å². The van der Waals surface area contributed by atoms with Crippen molar-refractivity contribution < 1.29 is 8.42 Å². The minimum atomic E-state index is -3.71. The van der Waals surface area contributed by atoms with Crippen LogP contribution in [0.5, 0.6) is 0 Å². The normalized spacial score (nSPS) is 12.4. The molecule has 0 aliphatic rings. The number of nitrogens with zero attached hydrogens (tertiary/aromatic N) is 3. The molecule has 0 saturated carbocycles. The number of aryl methyl sites for hydroxylation is 2. The maximum atomic E-state index is 11.4. The molecule has 7 heteroatoms. The molecule has 0 fully saturated rings. The molecule has 1 aromatic rings. The van der Waals surface area contributed by atoms with Gasteiger partial charge >= 0.3 is 0 Å². The van der Waals surface area contributed by atoms with E-state index < -0.39 is 9.05 Å². The number of hydrogen-bond acceptors (Lipinski definition) is 4. The van der Waals surface area contributed by atoms with E-state index in [-0.39, 0.29) is 4.90 Å².